The Kier molecular flexibility index (Phi) is 3.93. The number of rotatable bonds is 3. The van der Waals surface area contributed by atoms with E-state index < -0.39 is 0 Å². The van der Waals surface area contributed by atoms with Crippen LogP contribution in [-0.4, -0.2) is 29.8 Å². The predicted molar refractivity (Wildman–Crippen MR) is 63.9 cm³/mol. The van der Waals surface area contributed by atoms with Crippen molar-refractivity contribution in [2.75, 3.05) is 13.6 Å². The summed E-state index contributed by atoms with van der Waals surface area (Å²) in [6.07, 6.45) is 2.82. The van der Waals surface area contributed by atoms with Crippen LogP contribution in [-0.2, 0) is 4.79 Å². The van der Waals surface area contributed by atoms with Crippen molar-refractivity contribution < 1.29 is 4.79 Å². The summed E-state index contributed by atoms with van der Waals surface area (Å²) >= 11 is 0. The standard InChI is InChI=1S/C13H25NO/c1-10(2)8-12(15)11-6-7-14(5)13(3,4)9-11/h10-11H,6-9H2,1-5H3. The van der Waals surface area contributed by atoms with Crippen LogP contribution in [0.4, 0.5) is 0 Å². The van der Waals surface area contributed by atoms with Gasteiger partial charge in [-0.25, -0.2) is 0 Å². The van der Waals surface area contributed by atoms with E-state index in [4.69, 9.17) is 0 Å². The van der Waals surface area contributed by atoms with Crippen molar-refractivity contribution in [3.05, 3.63) is 0 Å². The minimum absolute atomic E-state index is 0.190. The Morgan fingerprint density at radius 1 is 1.47 bits per heavy atom. The quantitative estimate of drug-likeness (QED) is 0.715. The van der Waals surface area contributed by atoms with Crippen LogP contribution in [0.3, 0.4) is 0 Å². The van der Waals surface area contributed by atoms with Gasteiger partial charge in [-0.05, 0) is 46.2 Å². The fourth-order valence-corrected chi connectivity index (χ4v) is 2.36. The summed E-state index contributed by atoms with van der Waals surface area (Å²) in [5, 5.41) is 0. The first kappa shape index (κ1) is 12.7. The Morgan fingerprint density at radius 3 is 2.53 bits per heavy atom. The first-order valence-corrected chi connectivity index (χ1v) is 6.07. The molecule has 15 heavy (non-hydrogen) atoms. The number of ketones is 1. The minimum atomic E-state index is 0.190. The summed E-state index contributed by atoms with van der Waals surface area (Å²) in [4.78, 5) is 14.4. The largest absolute Gasteiger partial charge is 0.301 e. The molecule has 1 unspecified atom stereocenters. The average Bonchev–Trinajstić information content (AvgIpc) is 2.08. The lowest BCUT2D eigenvalue weighted by Gasteiger charge is -2.43. The number of nitrogens with zero attached hydrogens (tertiary/aromatic N) is 1. The van der Waals surface area contributed by atoms with Crippen LogP contribution in [0.15, 0.2) is 0 Å². The molecule has 0 aromatic rings. The molecule has 0 bridgehead atoms. The molecule has 0 aromatic heterocycles. The number of piperidine rings is 1. The van der Waals surface area contributed by atoms with E-state index in [2.05, 4.69) is 39.6 Å². The second-order valence-electron chi connectivity index (χ2n) is 5.99. The molecule has 2 heteroatoms. The van der Waals surface area contributed by atoms with Gasteiger partial charge in [0.15, 0.2) is 0 Å². The number of carbonyl (C=O) groups is 1. The molecule has 0 spiro atoms. The van der Waals surface area contributed by atoms with Crippen LogP contribution in [0, 0.1) is 11.8 Å². The van der Waals surface area contributed by atoms with Gasteiger partial charge in [0.1, 0.15) is 5.78 Å². The summed E-state index contributed by atoms with van der Waals surface area (Å²) in [5.74, 6) is 1.28. The topological polar surface area (TPSA) is 20.3 Å². The first-order chi connectivity index (χ1) is 6.83. The fourth-order valence-electron chi connectivity index (χ4n) is 2.36. The van der Waals surface area contributed by atoms with Gasteiger partial charge in [0.05, 0.1) is 0 Å². The van der Waals surface area contributed by atoms with E-state index in [9.17, 15) is 4.79 Å². The molecule has 0 amide bonds. The average molecular weight is 211 g/mol. The maximum absolute atomic E-state index is 12.0. The molecular weight excluding hydrogens is 186 g/mol. The smallest absolute Gasteiger partial charge is 0.136 e. The molecule has 88 valence electrons. The van der Waals surface area contributed by atoms with E-state index in [1.54, 1.807) is 0 Å². The molecule has 0 saturated carbocycles. The molecule has 0 N–H and O–H groups in total. The molecule has 1 rings (SSSR count). The van der Waals surface area contributed by atoms with Gasteiger partial charge in [-0.15, -0.1) is 0 Å². The van der Waals surface area contributed by atoms with Crippen LogP contribution in [0.1, 0.15) is 47.0 Å². The van der Waals surface area contributed by atoms with E-state index in [-0.39, 0.29) is 5.54 Å². The van der Waals surface area contributed by atoms with Gasteiger partial charge in [-0.1, -0.05) is 13.8 Å². The summed E-state index contributed by atoms with van der Waals surface area (Å²) in [6, 6.07) is 0. The summed E-state index contributed by atoms with van der Waals surface area (Å²) < 4.78 is 0. The Bertz CT molecular complexity index is 233. The maximum Gasteiger partial charge on any atom is 0.136 e. The van der Waals surface area contributed by atoms with Gasteiger partial charge in [0, 0.05) is 17.9 Å². The Morgan fingerprint density at radius 2 is 2.07 bits per heavy atom. The van der Waals surface area contributed by atoms with Crippen LogP contribution < -0.4 is 0 Å². The SMILES string of the molecule is CC(C)CC(=O)C1CCN(C)C(C)(C)C1. The highest BCUT2D eigenvalue weighted by Crippen LogP contribution is 2.31. The highest BCUT2D eigenvalue weighted by atomic mass is 16.1. The van der Waals surface area contributed by atoms with Crippen LogP contribution in [0.25, 0.3) is 0 Å². The van der Waals surface area contributed by atoms with Crippen molar-refractivity contribution in [2.24, 2.45) is 11.8 Å². The predicted octanol–water partition coefficient (Wildman–Crippen LogP) is 2.72. The number of hydrogen-bond acceptors (Lipinski definition) is 2. The van der Waals surface area contributed by atoms with E-state index in [1.165, 1.54) is 0 Å². The molecule has 1 aliphatic heterocycles. The van der Waals surface area contributed by atoms with Crippen molar-refractivity contribution in [1.29, 1.82) is 0 Å². The third kappa shape index (κ3) is 3.30. The minimum Gasteiger partial charge on any atom is -0.301 e. The van der Waals surface area contributed by atoms with E-state index in [0.29, 0.717) is 17.6 Å². The lowest BCUT2D eigenvalue weighted by Crippen LogP contribution is -2.49. The molecule has 1 atom stereocenters. The van der Waals surface area contributed by atoms with Gasteiger partial charge < -0.3 is 4.90 Å². The first-order valence-electron chi connectivity index (χ1n) is 6.07. The van der Waals surface area contributed by atoms with Gasteiger partial charge >= 0.3 is 0 Å². The second-order valence-corrected chi connectivity index (χ2v) is 5.99. The zero-order valence-corrected chi connectivity index (χ0v) is 10.8. The highest BCUT2D eigenvalue weighted by Gasteiger charge is 2.35. The number of carbonyl (C=O) groups excluding carboxylic acids is 1. The molecule has 1 saturated heterocycles. The zero-order valence-electron chi connectivity index (χ0n) is 10.8. The Labute approximate surface area is 94.0 Å². The fraction of sp³-hybridized carbons (Fsp3) is 0.923. The van der Waals surface area contributed by atoms with Crippen molar-refractivity contribution in [1.82, 2.24) is 4.90 Å². The van der Waals surface area contributed by atoms with Crippen molar-refractivity contribution in [3.8, 4) is 0 Å². The third-order valence-electron chi connectivity index (χ3n) is 3.66. The summed E-state index contributed by atoms with van der Waals surface area (Å²) in [7, 11) is 2.16. The van der Waals surface area contributed by atoms with E-state index >= 15 is 0 Å². The molecule has 1 aliphatic rings. The monoisotopic (exact) mass is 211 g/mol. The zero-order chi connectivity index (χ0) is 11.6. The maximum atomic E-state index is 12.0. The highest BCUT2D eigenvalue weighted by molar-refractivity contribution is 5.81. The van der Waals surface area contributed by atoms with Gasteiger partial charge in [0.25, 0.3) is 0 Å². The Hall–Kier alpha value is -0.370. The third-order valence-corrected chi connectivity index (χ3v) is 3.66. The van der Waals surface area contributed by atoms with Crippen molar-refractivity contribution in [3.63, 3.8) is 0 Å². The van der Waals surface area contributed by atoms with Crippen molar-refractivity contribution in [2.45, 2.75) is 52.5 Å². The number of likely N-dealkylation sites (tertiary alicyclic amines) is 1. The summed E-state index contributed by atoms with van der Waals surface area (Å²) in [6.45, 7) is 9.78. The lowest BCUT2D eigenvalue weighted by atomic mass is 9.79. The molecule has 2 nitrogen and oxygen atoms in total. The Balaban J connectivity index is 2.55. The molecular formula is C13H25NO. The van der Waals surface area contributed by atoms with Crippen LogP contribution in [0.5, 0.6) is 0 Å². The van der Waals surface area contributed by atoms with Crippen LogP contribution >= 0.6 is 0 Å². The molecule has 1 fully saturated rings. The molecule has 0 aromatic carbocycles. The van der Waals surface area contributed by atoms with E-state index in [0.717, 1.165) is 25.8 Å². The normalized spacial score (nSPS) is 26.9. The van der Waals surface area contributed by atoms with Crippen LogP contribution in [0.2, 0.25) is 0 Å². The van der Waals surface area contributed by atoms with Crippen molar-refractivity contribution >= 4 is 5.78 Å². The molecule has 0 aliphatic carbocycles. The lowest BCUT2D eigenvalue weighted by molar-refractivity contribution is -0.126. The van der Waals surface area contributed by atoms with Gasteiger partial charge in [-0.2, -0.15) is 0 Å². The molecule has 1 heterocycles. The number of Topliss-reactive ketones (excluding diaryl/α,β-unsaturated/α-hetero) is 1. The second kappa shape index (κ2) is 4.65. The van der Waals surface area contributed by atoms with E-state index in [1.807, 2.05) is 0 Å². The van der Waals surface area contributed by atoms with Gasteiger partial charge in [-0.3, -0.25) is 4.79 Å². The summed E-state index contributed by atoms with van der Waals surface area (Å²) in [5.41, 5.74) is 0.190. The molecule has 0 radical (unpaired) electrons. The number of hydrogen-bond donors (Lipinski definition) is 0. The van der Waals surface area contributed by atoms with Gasteiger partial charge in [0.2, 0.25) is 0 Å².